The molecular formula is C22H28O6. The lowest BCUT2D eigenvalue weighted by Crippen LogP contribution is -2.53. The van der Waals surface area contributed by atoms with Crippen LogP contribution in [0.1, 0.15) is 38.5 Å². The topological polar surface area (TPSA) is 86.7 Å². The minimum Gasteiger partial charge on any atom is -0.469 e. The summed E-state index contributed by atoms with van der Waals surface area (Å²) < 4.78 is 10.3. The van der Waals surface area contributed by atoms with E-state index < -0.39 is 23.8 Å². The van der Waals surface area contributed by atoms with E-state index in [0.29, 0.717) is 24.7 Å². The van der Waals surface area contributed by atoms with Crippen molar-refractivity contribution in [1.82, 2.24) is 0 Å². The zero-order valence-corrected chi connectivity index (χ0v) is 16.5. The van der Waals surface area contributed by atoms with Crippen molar-refractivity contribution in [1.29, 1.82) is 0 Å². The van der Waals surface area contributed by atoms with Crippen LogP contribution in [0.25, 0.3) is 0 Å². The minimum atomic E-state index is -0.673. The van der Waals surface area contributed by atoms with E-state index >= 15 is 0 Å². The van der Waals surface area contributed by atoms with Gasteiger partial charge in [-0.25, -0.2) is 0 Å². The summed E-state index contributed by atoms with van der Waals surface area (Å²) >= 11 is 0. The Morgan fingerprint density at radius 1 is 0.750 bits per heavy atom. The fraction of sp³-hybridized carbons (Fsp3) is 0.818. The van der Waals surface area contributed by atoms with Crippen molar-refractivity contribution < 1.29 is 28.7 Å². The Balaban J connectivity index is 1.63. The van der Waals surface area contributed by atoms with Crippen LogP contribution in [0.4, 0.5) is 0 Å². The average Bonchev–Trinajstić information content (AvgIpc) is 3.42. The molecule has 6 heteroatoms. The van der Waals surface area contributed by atoms with Gasteiger partial charge in [-0.3, -0.25) is 19.2 Å². The van der Waals surface area contributed by atoms with Crippen LogP contribution in [0.15, 0.2) is 0 Å². The maximum absolute atomic E-state index is 13.0. The number of carbonyl (C=O) groups excluding carboxylic acids is 4. The maximum Gasteiger partial charge on any atom is 0.309 e. The molecule has 0 aromatic rings. The number of methoxy groups -OCH3 is 2. The van der Waals surface area contributed by atoms with Gasteiger partial charge in [0, 0.05) is 24.7 Å². The molecule has 0 aromatic heterocycles. The number of carbonyl (C=O) groups is 4. The molecule has 0 aliphatic heterocycles. The largest absolute Gasteiger partial charge is 0.469 e. The van der Waals surface area contributed by atoms with Gasteiger partial charge in [0.1, 0.15) is 11.6 Å². The van der Waals surface area contributed by atoms with E-state index in [4.69, 9.17) is 9.47 Å². The Morgan fingerprint density at radius 3 is 1.50 bits per heavy atom. The second-order valence-corrected chi connectivity index (χ2v) is 9.63. The molecule has 0 aromatic carbocycles. The van der Waals surface area contributed by atoms with E-state index in [1.165, 1.54) is 14.2 Å². The summed E-state index contributed by atoms with van der Waals surface area (Å²) in [7, 11) is 2.69. The number of fused-ring (bicyclic) bond motifs is 7. The maximum atomic E-state index is 13.0. The van der Waals surface area contributed by atoms with E-state index in [1.54, 1.807) is 0 Å². The normalized spacial score (nSPS) is 48.6. The summed E-state index contributed by atoms with van der Waals surface area (Å²) in [4.78, 5) is 51.4. The third-order valence-electron chi connectivity index (χ3n) is 8.96. The van der Waals surface area contributed by atoms with Crippen molar-refractivity contribution in [3.8, 4) is 0 Å². The van der Waals surface area contributed by atoms with Crippen LogP contribution in [0.3, 0.4) is 0 Å². The van der Waals surface area contributed by atoms with Gasteiger partial charge in [-0.05, 0) is 61.2 Å². The number of ketones is 2. The average molecular weight is 388 g/mol. The molecule has 152 valence electrons. The molecule has 28 heavy (non-hydrogen) atoms. The summed E-state index contributed by atoms with van der Waals surface area (Å²) in [5.74, 6) is -1.20. The Labute approximate surface area is 164 Å². The fourth-order valence-corrected chi connectivity index (χ4v) is 8.26. The van der Waals surface area contributed by atoms with Crippen LogP contribution in [0, 0.1) is 59.2 Å². The Hall–Kier alpha value is -1.72. The monoisotopic (exact) mass is 388 g/mol. The highest BCUT2D eigenvalue weighted by Crippen LogP contribution is 2.67. The third kappa shape index (κ3) is 2.26. The van der Waals surface area contributed by atoms with E-state index in [0.717, 1.165) is 25.7 Å². The lowest BCUT2D eigenvalue weighted by Gasteiger charge is -2.47. The number of Topliss-reactive ketones (excluding diaryl/α,β-unsaturated/α-hetero) is 2. The zero-order chi connectivity index (χ0) is 19.7. The van der Waals surface area contributed by atoms with Crippen LogP contribution in [0.5, 0.6) is 0 Å². The van der Waals surface area contributed by atoms with Crippen molar-refractivity contribution in [3.63, 3.8) is 0 Å². The molecule has 0 heterocycles. The molecule has 5 saturated carbocycles. The lowest BCUT2D eigenvalue weighted by atomic mass is 9.55. The van der Waals surface area contributed by atoms with Crippen molar-refractivity contribution in [2.75, 3.05) is 14.2 Å². The smallest absolute Gasteiger partial charge is 0.309 e. The molecule has 10 atom stereocenters. The lowest BCUT2D eigenvalue weighted by molar-refractivity contribution is -0.173. The Morgan fingerprint density at radius 2 is 1.14 bits per heavy atom. The summed E-state index contributed by atoms with van der Waals surface area (Å²) in [6, 6.07) is 0. The third-order valence-corrected chi connectivity index (χ3v) is 8.96. The molecule has 6 nitrogen and oxygen atoms in total. The highest BCUT2D eigenvalue weighted by atomic mass is 16.5. The van der Waals surface area contributed by atoms with Crippen molar-refractivity contribution in [3.05, 3.63) is 0 Å². The number of rotatable bonds is 2. The van der Waals surface area contributed by atoms with Crippen LogP contribution >= 0.6 is 0 Å². The van der Waals surface area contributed by atoms with Crippen LogP contribution in [0.2, 0.25) is 0 Å². The van der Waals surface area contributed by atoms with Crippen LogP contribution < -0.4 is 0 Å². The molecule has 5 aliphatic rings. The first-order valence-electron chi connectivity index (χ1n) is 10.7. The first-order valence-corrected chi connectivity index (χ1v) is 10.7. The molecule has 0 spiro atoms. The van der Waals surface area contributed by atoms with Gasteiger partial charge in [-0.2, -0.15) is 0 Å². The highest BCUT2D eigenvalue weighted by molar-refractivity contribution is 5.89. The van der Waals surface area contributed by atoms with Gasteiger partial charge in [-0.15, -0.1) is 0 Å². The van der Waals surface area contributed by atoms with E-state index in [2.05, 4.69) is 0 Å². The Bertz CT molecular complexity index is 681. The van der Waals surface area contributed by atoms with Gasteiger partial charge in [0.15, 0.2) is 0 Å². The number of hydrogen-bond donors (Lipinski definition) is 0. The van der Waals surface area contributed by atoms with Gasteiger partial charge >= 0.3 is 11.9 Å². The second-order valence-electron chi connectivity index (χ2n) is 9.63. The van der Waals surface area contributed by atoms with Crippen molar-refractivity contribution in [2.24, 2.45) is 59.2 Å². The first-order chi connectivity index (χ1) is 13.5. The van der Waals surface area contributed by atoms with Gasteiger partial charge in [0.25, 0.3) is 0 Å². The molecule has 5 rings (SSSR count). The number of hydrogen-bond acceptors (Lipinski definition) is 6. The van der Waals surface area contributed by atoms with E-state index in [1.807, 2.05) is 0 Å². The Kier molecular flexibility index (Phi) is 4.18. The highest BCUT2D eigenvalue weighted by Gasteiger charge is 2.68. The summed E-state index contributed by atoms with van der Waals surface area (Å²) in [5, 5.41) is 0. The first kappa shape index (κ1) is 18.3. The fourth-order valence-electron chi connectivity index (χ4n) is 8.26. The standard InChI is InChI=1S/C22H28O6/c1-27-21(25)19-17-11(7-9-3-5-13(23)15(9)17)12-8-10-4-6-14(24)16(10)18(12)20(19)22(26)28-2/h9-12,15-20H,3-8H2,1-2H3/t9-,10-,11-,12+,15+,16+,17+,18+,19+,20+/m1/s1. The molecule has 0 saturated heterocycles. The van der Waals surface area contributed by atoms with Crippen LogP contribution in [-0.4, -0.2) is 37.7 Å². The quantitative estimate of drug-likeness (QED) is 0.673. The van der Waals surface area contributed by atoms with Crippen LogP contribution in [-0.2, 0) is 28.7 Å². The van der Waals surface area contributed by atoms with Gasteiger partial charge < -0.3 is 9.47 Å². The SMILES string of the molecule is COC(=O)[C@@H]1[C@@H](C(=O)OC)[C@H]2[C@@H](C[C@H]3CCC(=O)[C@H]32)[C@H]2C[C@H]3CCC(=O)[C@H]3[C@H]21. The molecule has 0 radical (unpaired) electrons. The second kappa shape index (κ2) is 6.39. The molecular weight excluding hydrogens is 360 g/mol. The van der Waals surface area contributed by atoms with E-state index in [-0.39, 0.29) is 47.1 Å². The predicted octanol–water partition coefficient (Wildman–Crippen LogP) is 2.04. The van der Waals surface area contributed by atoms with Gasteiger partial charge in [-0.1, -0.05) is 0 Å². The molecule has 0 unspecified atom stereocenters. The number of ether oxygens (including phenoxy) is 2. The number of esters is 2. The van der Waals surface area contributed by atoms with Gasteiger partial charge in [0.05, 0.1) is 26.1 Å². The summed E-state index contributed by atoms with van der Waals surface area (Å²) in [5.41, 5.74) is 0. The predicted molar refractivity (Wildman–Crippen MR) is 96.6 cm³/mol. The van der Waals surface area contributed by atoms with Crippen molar-refractivity contribution >= 4 is 23.5 Å². The van der Waals surface area contributed by atoms with Crippen molar-refractivity contribution in [2.45, 2.75) is 38.5 Å². The zero-order valence-electron chi connectivity index (χ0n) is 16.5. The molecule has 0 amide bonds. The summed E-state index contributed by atoms with van der Waals surface area (Å²) in [6.07, 6.45) is 4.81. The minimum absolute atomic E-state index is 0.140. The summed E-state index contributed by atoms with van der Waals surface area (Å²) in [6.45, 7) is 0. The van der Waals surface area contributed by atoms with Gasteiger partial charge in [0.2, 0.25) is 0 Å². The molecule has 5 fully saturated rings. The molecule has 0 bridgehead atoms. The molecule has 5 aliphatic carbocycles. The van der Waals surface area contributed by atoms with E-state index in [9.17, 15) is 19.2 Å². The molecule has 0 N–H and O–H groups in total.